The minimum absolute atomic E-state index is 0.00462. The van der Waals surface area contributed by atoms with Crippen LogP contribution in [0.1, 0.15) is 78.4 Å². The predicted molar refractivity (Wildman–Crippen MR) is 158 cm³/mol. The molecule has 0 N–H and O–H groups in total. The number of benzene rings is 1. The fraction of sp³-hybridized carbons (Fsp3) is 0.667. The normalized spacial score (nSPS) is 12.4. The second-order valence-electron chi connectivity index (χ2n) is 9.14. The van der Waals surface area contributed by atoms with E-state index in [1.807, 2.05) is 20.8 Å². The van der Waals surface area contributed by atoms with E-state index >= 15 is 0 Å². The summed E-state index contributed by atoms with van der Waals surface area (Å²) in [5.41, 5.74) is 1.47. The topological polar surface area (TPSA) is 119 Å². The SMILES string of the molecule is C=C(C)CCC.[CH2-]COCCOCCOCCC(=O)OC(CC(CC)OON(CC)CC)c1ccccc1[N+](=O)[O-]. The van der Waals surface area contributed by atoms with Gasteiger partial charge in [0.1, 0.15) is 6.10 Å². The van der Waals surface area contributed by atoms with Crippen molar-refractivity contribution in [2.75, 3.05) is 52.7 Å². The van der Waals surface area contributed by atoms with Crippen molar-refractivity contribution in [3.63, 3.8) is 0 Å². The van der Waals surface area contributed by atoms with Gasteiger partial charge in [-0.05, 0) is 39.7 Å². The van der Waals surface area contributed by atoms with Crippen LogP contribution in [-0.4, -0.2) is 74.8 Å². The lowest BCUT2D eigenvalue weighted by Gasteiger charge is -2.25. The smallest absolute Gasteiger partial charge is 0.308 e. The number of carbonyl (C=O) groups excluding carboxylic acids is 1. The van der Waals surface area contributed by atoms with E-state index in [0.29, 0.717) is 58.1 Å². The van der Waals surface area contributed by atoms with Gasteiger partial charge in [0, 0.05) is 25.6 Å². The maximum Gasteiger partial charge on any atom is 0.308 e. The van der Waals surface area contributed by atoms with Gasteiger partial charge in [-0.1, -0.05) is 44.6 Å². The minimum Gasteiger partial charge on any atom is -0.457 e. The Bertz CT molecular complexity index is 834. The van der Waals surface area contributed by atoms with Gasteiger partial charge in [0.05, 0.1) is 56.0 Å². The number of nitro groups is 1. The van der Waals surface area contributed by atoms with Crippen LogP contribution in [0.5, 0.6) is 0 Å². The van der Waals surface area contributed by atoms with Crippen LogP contribution in [0.4, 0.5) is 5.69 Å². The van der Waals surface area contributed by atoms with E-state index < -0.39 is 23.1 Å². The average molecular weight is 584 g/mol. The summed E-state index contributed by atoms with van der Waals surface area (Å²) in [7, 11) is 0. The molecule has 11 heteroatoms. The summed E-state index contributed by atoms with van der Waals surface area (Å²) < 4.78 is 21.5. The molecular weight excluding hydrogens is 532 g/mol. The third-order valence-corrected chi connectivity index (χ3v) is 5.69. The number of ether oxygens (including phenoxy) is 4. The van der Waals surface area contributed by atoms with E-state index in [1.165, 1.54) is 24.5 Å². The number of nitro benzene ring substituents is 1. The fourth-order valence-electron chi connectivity index (χ4n) is 3.47. The second-order valence-corrected chi connectivity index (χ2v) is 9.14. The van der Waals surface area contributed by atoms with Gasteiger partial charge in [-0.15, -0.1) is 11.6 Å². The molecule has 1 aromatic rings. The lowest BCUT2D eigenvalue weighted by atomic mass is 10.0. The van der Waals surface area contributed by atoms with Crippen molar-refractivity contribution in [2.45, 2.75) is 78.9 Å². The highest BCUT2D eigenvalue weighted by molar-refractivity contribution is 5.70. The zero-order valence-corrected chi connectivity index (χ0v) is 25.6. The predicted octanol–water partition coefficient (Wildman–Crippen LogP) is 6.19. The summed E-state index contributed by atoms with van der Waals surface area (Å²) in [6.07, 6.45) is 1.82. The number of hydroxylamine groups is 2. The second kappa shape index (κ2) is 25.3. The number of esters is 1. The van der Waals surface area contributed by atoms with E-state index in [-0.39, 0.29) is 25.1 Å². The van der Waals surface area contributed by atoms with Gasteiger partial charge in [-0.2, -0.15) is 5.06 Å². The first-order chi connectivity index (χ1) is 19.7. The van der Waals surface area contributed by atoms with Crippen LogP contribution >= 0.6 is 0 Å². The van der Waals surface area contributed by atoms with Crippen LogP contribution < -0.4 is 0 Å². The monoisotopic (exact) mass is 583 g/mol. The van der Waals surface area contributed by atoms with Gasteiger partial charge in [-0.3, -0.25) is 14.9 Å². The summed E-state index contributed by atoms with van der Waals surface area (Å²) in [5.74, 6) is -0.530. The van der Waals surface area contributed by atoms with Crippen molar-refractivity contribution >= 4 is 11.7 Å². The Morgan fingerprint density at radius 3 is 2.12 bits per heavy atom. The maximum absolute atomic E-state index is 12.5. The quantitative estimate of drug-likeness (QED) is 0.0281. The molecule has 1 rings (SSSR count). The summed E-state index contributed by atoms with van der Waals surface area (Å²) >= 11 is 0. The first-order valence-corrected chi connectivity index (χ1v) is 14.4. The third kappa shape index (κ3) is 19.4. The lowest BCUT2D eigenvalue weighted by Crippen LogP contribution is -2.28. The number of carbonyl (C=O) groups is 1. The molecule has 0 spiro atoms. The molecule has 0 fully saturated rings. The molecule has 0 bridgehead atoms. The number of allylic oxidation sites excluding steroid dienone is 1. The van der Waals surface area contributed by atoms with Gasteiger partial charge in [-0.25, -0.2) is 4.89 Å². The highest BCUT2D eigenvalue weighted by Crippen LogP contribution is 2.32. The minimum atomic E-state index is -0.884. The number of hydrogen-bond donors (Lipinski definition) is 0. The lowest BCUT2D eigenvalue weighted by molar-refractivity contribution is -0.445. The number of rotatable bonds is 23. The molecule has 0 saturated carbocycles. The van der Waals surface area contributed by atoms with E-state index in [9.17, 15) is 14.9 Å². The van der Waals surface area contributed by atoms with Gasteiger partial charge in [0.2, 0.25) is 0 Å². The number of hydrogen-bond acceptors (Lipinski definition) is 10. The van der Waals surface area contributed by atoms with E-state index in [1.54, 1.807) is 23.3 Å². The van der Waals surface area contributed by atoms with Gasteiger partial charge in [0.15, 0.2) is 0 Å². The Morgan fingerprint density at radius 2 is 1.61 bits per heavy atom. The molecule has 236 valence electrons. The van der Waals surface area contributed by atoms with Crippen LogP contribution in [0.25, 0.3) is 0 Å². The zero-order chi connectivity index (χ0) is 30.9. The highest BCUT2D eigenvalue weighted by Gasteiger charge is 2.28. The van der Waals surface area contributed by atoms with Gasteiger partial charge >= 0.3 is 5.97 Å². The molecule has 0 amide bonds. The van der Waals surface area contributed by atoms with Crippen molar-refractivity contribution in [1.29, 1.82) is 0 Å². The van der Waals surface area contributed by atoms with E-state index in [2.05, 4.69) is 27.4 Å². The molecule has 0 aliphatic heterocycles. The summed E-state index contributed by atoms with van der Waals surface area (Å²) in [6.45, 7) is 20.7. The molecule has 1 aromatic carbocycles. The molecule has 2 unspecified atom stereocenters. The van der Waals surface area contributed by atoms with Crippen molar-refractivity contribution in [1.82, 2.24) is 5.06 Å². The zero-order valence-electron chi connectivity index (χ0n) is 25.6. The highest BCUT2D eigenvalue weighted by atomic mass is 17.3. The maximum atomic E-state index is 12.5. The summed E-state index contributed by atoms with van der Waals surface area (Å²) in [6, 6.07) is 6.21. The van der Waals surface area contributed by atoms with E-state index in [0.717, 1.165) is 0 Å². The van der Waals surface area contributed by atoms with Crippen molar-refractivity contribution < 1.29 is 38.5 Å². The van der Waals surface area contributed by atoms with Crippen molar-refractivity contribution in [3.05, 3.63) is 59.0 Å². The molecule has 41 heavy (non-hydrogen) atoms. The largest absolute Gasteiger partial charge is 0.457 e. The van der Waals surface area contributed by atoms with Crippen LogP contribution in [0.3, 0.4) is 0 Å². The molecule has 2 atom stereocenters. The number of nitrogens with zero attached hydrogens (tertiary/aromatic N) is 2. The van der Waals surface area contributed by atoms with Crippen molar-refractivity contribution in [3.8, 4) is 0 Å². The molecule has 11 nitrogen and oxygen atoms in total. The van der Waals surface area contributed by atoms with E-state index in [4.69, 9.17) is 28.8 Å². The Hall–Kier alpha value is -2.41. The Labute approximate surface area is 246 Å². The third-order valence-electron chi connectivity index (χ3n) is 5.69. The first kappa shape index (κ1) is 38.6. The standard InChI is InChI=1S/C24H39N2O9.C6H12/c1-5-20(34-35-25(6-2)7-3)19-23(21-11-9-10-12-22(21)26(28)29)33-24(27)13-14-31-17-18-32-16-15-30-8-4;1-4-5-6(2)3/h9-12,20,23H,4-8,13-19H2,1-3H3;2,4-5H2,1,3H3/q-1;. The van der Waals surface area contributed by atoms with Crippen LogP contribution in [0, 0.1) is 17.0 Å². The molecular formula is C30H51N2O9-. The van der Waals surface area contributed by atoms with Gasteiger partial charge in [0.25, 0.3) is 5.69 Å². The Balaban J connectivity index is 0.00000239. The first-order valence-electron chi connectivity index (χ1n) is 14.4. The van der Waals surface area contributed by atoms with Crippen LogP contribution in [0.2, 0.25) is 0 Å². The molecule has 0 aliphatic carbocycles. The summed E-state index contributed by atoms with van der Waals surface area (Å²) in [5, 5.41) is 13.2. The Morgan fingerprint density at radius 1 is 1.00 bits per heavy atom. The van der Waals surface area contributed by atoms with Crippen LogP contribution in [-0.2, 0) is 33.6 Å². The molecule has 0 aromatic heterocycles. The Kier molecular flexibility index (Phi) is 23.8. The summed E-state index contributed by atoms with van der Waals surface area (Å²) in [4.78, 5) is 34.5. The molecule has 0 heterocycles. The van der Waals surface area contributed by atoms with Gasteiger partial charge < -0.3 is 25.9 Å². The van der Waals surface area contributed by atoms with Crippen molar-refractivity contribution in [2.24, 2.45) is 0 Å². The van der Waals surface area contributed by atoms with Crippen LogP contribution in [0.15, 0.2) is 36.4 Å². The average Bonchev–Trinajstić information content (AvgIpc) is 2.95. The fourth-order valence-corrected chi connectivity index (χ4v) is 3.47. The molecule has 0 saturated heterocycles. The molecule has 0 aliphatic rings. The molecule has 0 radical (unpaired) electrons. The number of para-hydroxylation sites is 1.